The van der Waals surface area contributed by atoms with Crippen LogP contribution in [0.25, 0.3) is 21.8 Å². The van der Waals surface area contributed by atoms with E-state index >= 15 is 0 Å². The van der Waals surface area contributed by atoms with Gasteiger partial charge >= 0.3 is 0 Å². The molecule has 1 aromatic heterocycles. The molecule has 0 aliphatic carbocycles. The van der Waals surface area contributed by atoms with Crippen LogP contribution in [0, 0.1) is 6.92 Å². The number of rotatable bonds is 0. The zero-order valence-electron chi connectivity index (χ0n) is 9.77. The number of hydrogen-bond acceptors (Lipinski definition) is 2. The minimum Gasteiger partial charge on any atom is -0.274 e. The molecule has 0 saturated heterocycles. The van der Waals surface area contributed by atoms with Gasteiger partial charge in [0, 0.05) is 6.92 Å². The van der Waals surface area contributed by atoms with Crippen LogP contribution in [0.5, 0.6) is 0 Å². The second-order valence-electron chi connectivity index (χ2n) is 4.20. The molecule has 0 aliphatic heterocycles. The van der Waals surface area contributed by atoms with E-state index < -0.39 is 0 Å². The smallest absolute Gasteiger partial charge is 0.229 e. The molecule has 84 valence electrons. The van der Waals surface area contributed by atoms with Crippen molar-refractivity contribution in [1.82, 2.24) is 9.55 Å². The number of aryl methyl sites for hydroxylation is 1. The van der Waals surface area contributed by atoms with Crippen molar-refractivity contribution in [3.63, 3.8) is 0 Å². The van der Waals surface area contributed by atoms with Crippen LogP contribution in [-0.2, 0) is 0 Å². The predicted octanol–water partition coefficient (Wildman–Crippen LogP) is 3.16. The van der Waals surface area contributed by atoms with E-state index in [1.54, 1.807) is 11.5 Å². The summed E-state index contributed by atoms with van der Waals surface area (Å²) in [5.41, 5.74) is 1.75. The van der Waals surface area contributed by atoms with Crippen molar-refractivity contribution in [2.45, 2.75) is 13.8 Å². The van der Waals surface area contributed by atoms with Crippen molar-refractivity contribution in [2.75, 3.05) is 0 Å². The average Bonchev–Trinajstić information content (AvgIpc) is 2.60. The van der Waals surface area contributed by atoms with Gasteiger partial charge in [0.25, 0.3) is 0 Å². The Bertz CT molecular complexity index is 740. The van der Waals surface area contributed by atoms with Crippen LogP contribution < -0.4 is 0 Å². The van der Waals surface area contributed by atoms with Crippen molar-refractivity contribution < 1.29 is 4.79 Å². The first-order valence-corrected chi connectivity index (χ1v) is 5.55. The molecule has 0 atom stereocenters. The zero-order chi connectivity index (χ0) is 12.0. The van der Waals surface area contributed by atoms with Crippen LogP contribution >= 0.6 is 0 Å². The molecule has 0 amide bonds. The van der Waals surface area contributed by atoms with E-state index in [9.17, 15) is 4.79 Å². The first-order valence-electron chi connectivity index (χ1n) is 5.55. The summed E-state index contributed by atoms with van der Waals surface area (Å²) in [6.45, 7) is 3.41. The Hall–Kier alpha value is -2.16. The molecule has 0 N–H and O–H groups in total. The number of carbonyl (C=O) groups is 1. The van der Waals surface area contributed by atoms with Gasteiger partial charge < -0.3 is 0 Å². The van der Waals surface area contributed by atoms with Gasteiger partial charge in [0.1, 0.15) is 5.82 Å². The van der Waals surface area contributed by atoms with Gasteiger partial charge in [0.15, 0.2) is 0 Å². The van der Waals surface area contributed by atoms with Gasteiger partial charge in [-0.25, -0.2) is 4.98 Å². The number of nitrogens with zero attached hydrogens (tertiary/aromatic N) is 2. The van der Waals surface area contributed by atoms with Crippen LogP contribution in [-0.4, -0.2) is 15.5 Å². The van der Waals surface area contributed by atoms with E-state index in [4.69, 9.17) is 0 Å². The molecule has 3 rings (SSSR count). The highest BCUT2D eigenvalue weighted by atomic mass is 16.1. The summed E-state index contributed by atoms with van der Waals surface area (Å²) in [6, 6.07) is 12.1. The molecule has 3 aromatic rings. The van der Waals surface area contributed by atoms with Crippen LogP contribution in [0.15, 0.2) is 36.4 Å². The normalized spacial score (nSPS) is 11.2. The third-order valence-corrected chi connectivity index (χ3v) is 3.00. The fourth-order valence-corrected chi connectivity index (χ4v) is 2.28. The molecular formula is C14H12N2O. The van der Waals surface area contributed by atoms with Crippen molar-refractivity contribution in [2.24, 2.45) is 0 Å². The van der Waals surface area contributed by atoms with Crippen LogP contribution in [0.4, 0.5) is 0 Å². The van der Waals surface area contributed by atoms with E-state index in [-0.39, 0.29) is 5.91 Å². The number of fused-ring (bicyclic) bond motifs is 2. The van der Waals surface area contributed by atoms with Gasteiger partial charge in [-0.05, 0) is 29.8 Å². The van der Waals surface area contributed by atoms with Crippen LogP contribution in [0.1, 0.15) is 17.5 Å². The maximum absolute atomic E-state index is 11.6. The fourth-order valence-electron chi connectivity index (χ4n) is 2.28. The number of benzene rings is 2. The predicted molar refractivity (Wildman–Crippen MR) is 68.3 cm³/mol. The Morgan fingerprint density at radius 1 is 1.18 bits per heavy atom. The highest BCUT2D eigenvalue weighted by Crippen LogP contribution is 2.23. The topological polar surface area (TPSA) is 34.9 Å². The zero-order valence-corrected chi connectivity index (χ0v) is 9.77. The molecule has 0 saturated carbocycles. The minimum atomic E-state index is 0.000260. The van der Waals surface area contributed by atoms with Gasteiger partial charge in [-0.3, -0.25) is 9.36 Å². The maximum Gasteiger partial charge on any atom is 0.229 e. The summed E-state index contributed by atoms with van der Waals surface area (Å²) in [5, 5.41) is 2.27. The largest absolute Gasteiger partial charge is 0.274 e. The lowest BCUT2D eigenvalue weighted by atomic mass is 10.1. The number of imidazole rings is 1. The van der Waals surface area contributed by atoms with Crippen molar-refractivity contribution in [3.05, 3.63) is 42.2 Å². The van der Waals surface area contributed by atoms with E-state index in [1.807, 2.05) is 37.3 Å². The summed E-state index contributed by atoms with van der Waals surface area (Å²) in [4.78, 5) is 16.0. The lowest BCUT2D eigenvalue weighted by Crippen LogP contribution is -2.07. The molecule has 17 heavy (non-hydrogen) atoms. The molecule has 0 spiro atoms. The van der Waals surface area contributed by atoms with Crippen molar-refractivity contribution in [3.8, 4) is 0 Å². The highest BCUT2D eigenvalue weighted by Gasteiger charge is 2.11. The Kier molecular flexibility index (Phi) is 2.01. The van der Waals surface area contributed by atoms with E-state index in [1.165, 1.54) is 0 Å². The molecule has 3 nitrogen and oxygen atoms in total. The maximum atomic E-state index is 11.6. The molecular weight excluding hydrogens is 212 g/mol. The second kappa shape index (κ2) is 3.42. The lowest BCUT2D eigenvalue weighted by molar-refractivity contribution is 0.0939. The Balaban J connectivity index is 2.48. The Labute approximate surface area is 98.7 Å². The molecule has 0 bridgehead atoms. The lowest BCUT2D eigenvalue weighted by Gasteiger charge is -2.01. The average molecular weight is 224 g/mol. The summed E-state index contributed by atoms with van der Waals surface area (Å²) in [6.07, 6.45) is 0. The van der Waals surface area contributed by atoms with Crippen molar-refractivity contribution >= 4 is 27.7 Å². The number of aromatic nitrogens is 2. The molecule has 1 heterocycles. The molecule has 0 aliphatic rings. The molecule has 0 unspecified atom stereocenters. The second-order valence-corrected chi connectivity index (χ2v) is 4.20. The third-order valence-electron chi connectivity index (χ3n) is 3.00. The minimum absolute atomic E-state index is 0.000260. The number of carbonyl (C=O) groups excluding carboxylic acids is 1. The fraction of sp³-hybridized carbons (Fsp3) is 0.143. The summed E-state index contributed by atoms with van der Waals surface area (Å²) in [5.74, 6) is 0.739. The van der Waals surface area contributed by atoms with E-state index in [2.05, 4.69) is 11.1 Å². The SMILES string of the molecule is CC(=O)n1c(C)nc2cc3ccccc3cc21. The Morgan fingerprint density at radius 3 is 2.47 bits per heavy atom. The molecule has 3 heteroatoms. The third kappa shape index (κ3) is 1.43. The summed E-state index contributed by atoms with van der Waals surface area (Å²) in [7, 11) is 0. The number of hydrogen-bond donors (Lipinski definition) is 0. The first-order chi connectivity index (χ1) is 8.16. The Morgan fingerprint density at radius 2 is 1.82 bits per heavy atom. The summed E-state index contributed by atoms with van der Waals surface area (Å²) < 4.78 is 1.65. The van der Waals surface area contributed by atoms with E-state index in [0.717, 1.165) is 27.6 Å². The van der Waals surface area contributed by atoms with Crippen molar-refractivity contribution in [1.29, 1.82) is 0 Å². The van der Waals surface area contributed by atoms with Gasteiger partial charge in [-0.15, -0.1) is 0 Å². The molecule has 2 aromatic carbocycles. The summed E-state index contributed by atoms with van der Waals surface area (Å²) >= 11 is 0. The van der Waals surface area contributed by atoms with E-state index in [0.29, 0.717) is 0 Å². The quantitative estimate of drug-likeness (QED) is 0.588. The molecule has 0 radical (unpaired) electrons. The van der Waals surface area contributed by atoms with Gasteiger partial charge in [-0.1, -0.05) is 24.3 Å². The monoisotopic (exact) mass is 224 g/mol. The standard InChI is InChI=1S/C14H12N2O/c1-9-15-13-7-11-5-3-4-6-12(11)8-14(13)16(9)10(2)17/h3-8H,1-2H3. The highest BCUT2D eigenvalue weighted by molar-refractivity contribution is 5.99. The van der Waals surface area contributed by atoms with Gasteiger partial charge in [0.05, 0.1) is 11.0 Å². The van der Waals surface area contributed by atoms with Gasteiger partial charge in [-0.2, -0.15) is 0 Å². The van der Waals surface area contributed by atoms with Crippen LogP contribution in [0.3, 0.4) is 0 Å². The van der Waals surface area contributed by atoms with Crippen LogP contribution in [0.2, 0.25) is 0 Å². The van der Waals surface area contributed by atoms with Gasteiger partial charge in [0.2, 0.25) is 5.91 Å². The molecule has 0 fully saturated rings. The first kappa shape index (κ1) is 10.0.